The smallest absolute Gasteiger partial charge is 0.335 e. The van der Waals surface area contributed by atoms with Crippen molar-refractivity contribution in [1.29, 1.82) is 0 Å². The van der Waals surface area contributed by atoms with Gasteiger partial charge in [-0.15, -0.1) is 6.58 Å². The average molecular weight is 368 g/mol. The third kappa shape index (κ3) is 15.7. The summed E-state index contributed by atoms with van der Waals surface area (Å²) >= 11 is 0. The van der Waals surface area contributed by atoms with E-state index in [1.165, 1.54) is 24.3 Å². The van der Waals surface area contributed by atoms with Crippen molar-refractivity contribution in [1.82, 2.24) is 0 Å². The minimum absolute atomic E-state index is 0.0628. The van der Waals surface area contributed by atoms with Gasteiger partial charge in [0.1, 0.15) is 0 Å². The zero-order valence-corrected chi connectivity index (χ0v) is 14.6. The van der Waals surface area contributed by atoms with Crippen molar-refractivity contribution in [2.45, 2.75) is 39.0 Å². The molecule has 1 aromatic rings. The highest BCUT2D eigenvalue weighted by atomic mass is 16.4. The summed E-state index contributed by atoms with van der Waals surface area (Å²) in [6.07, 6.45) is 3.98. The Morgan fingerprint density at radius 3 is 1.23 bits per heavy atom. The Hall–Kier alpha value is -3.16. The predicted octanol–water partition coefficient (Wildman–Crippen LogP) is 3.38. The molecular formula is C18H24O8. The molecule has 1 aromatic carbocycles. The third-order valence-corrected chi connectivity index (χ3v) is 2.70. The molecule has 4 N–H and O–H groups in total. The van der Waals surface area contributed by atoms with Crippen LogP contribution in [0.15, 0.2) is 36.9 Å². The van der Waals surface area contributed by atoms with Gasteiger partial charge in [-0.25, -0.2) is 9.59 Å². The molecule has 144 valence electrons. The van der Waals surface area contributed by atoms with Gasteiger partial charge in [0, 0.05) is 12.8 Å². The van der Waals surface area contributed by atoms with Crippen molar-refractivity contribution >= 4 is 23.9 Å². The van der Waals surface area contributed by atoms with E-state index in [0.29, 0.717) is 12.8 Å². The molecule has 0 amide bonds. The molecule has 26 heavy (non-hydrogen) atoms. The van der Waals surface area contributed by atoms with Crippen LogP contribution < -0.4 is 0 Å². The summed E-state index contributed by atoms with van der Waals surface area (Å²) in [5.41, 5.74) is 0.167. The molecule has 0 aliphatic rings. The zero-order valence-electron chi connectivity index (χ0n) is 14.6. The lowest BCUT2D eigenvalue weighted by molar-refractivity contribution is -0.139. The van der Waals surface area contributed by atoms with Crippen molar-refractivity contribution in [3.8, 4) is 0 Å². The Bertz CT molecular complexity index is 541. The topological polar surface area (TPSA) is 149 Å². The lowest BCUT2D eigenvalue weighted by Gasteiger charge is -1.94. The second kappa shape index (κ2) is 15.4. The molecule has 8 heteroatoms. The monoisotopic (exact) mass is 368 g/mol. The van der Waals surface area contributed by atoms with E-state index in [2.05, 4.69) is 13.5 Å². The molecule has 0 saturated carbocycles. The highest BCUT2D eigenvalue weighted by molar-refractivity contribution is 5.91. The maximum atomic E-state index is 10.3. The van der Waals surface area contributed by atoms with Crippen molar-refractivity contribution in [2.75, 3.05) is 0 Å². The first-order valence-electron chi connectivity index (χ1n) is 7.76. The van der Waals surface area contributed by atoms with Gasteiger partial charge in [0.2, 0.25) is 0 Å². The van der Waals surface area contributed by atoms with Crippen LogP contribution in [0.4, 0.5) is 0 Å². The van der Waals surface area contributed by atoms with Crippen LogP contribution in [-0.2, 0) is 9.59 Å². The quantitative estimate of drug-likeness (QED) is 0.403. The van der Waals surface area contributed by atoms with Crippen molar-refractivity contribution in [2.24, 2.45) is 0 Å². The van der Waals surface area contributed by atoms with Gasteiger partial charge in [-0.3, -0.25) is 9.59 Å². The predicted molar refractivity (Wildman–Crippen MR) is 94.6 cm³/mol. The van der Waals surface area contributed by atoms with Crippen molar-refractivity contribution < 1.29 is 39.6 Å². The molecule has 0 aliphatic carbocycles. The largest absolute Gasteiger partial charge is 0.481 e. The fraction of sp³-hybridized carbons (Fsp3) is 0.333. The van der Waals surface area contributed by atoms with Crippen LogP contribution in [0.25, 0.3) is 0 Å². The number of carboxylic acids is 4. The van der Waals surface area contributed by atoms with Crippen LogP contribution in [-0.4, -0.2) is 44.3 Å². The molecule has 0 heterocycles. The number of unbranched alkanes of at least 4 members (excludes halogenated alkanes) is 1. The summed E-state index contributed by atoms with van der Waals surface area (Å²) in [4.78, 5) is 40.5. The van der Waals surface area contributed by atoms with Gasteiger partial charge < -0.3 is 20.4 Å². The molecule has 0 spiro atoms. The van der Waals surface area contributed by atoms with E-state index >= 15 is 0 Å². The molecule has 0 aromatic heterocycles. The zero-order chi connectivity index (χ0) is 20.5. The number of aliphatic carboxylic acids is 2. The SMILES string of the molecule is C=CCC.O=C(O)CCCCC(=O)O.O=C(O)c1ccc(C(=O)O)cc1. The first kappa shape index (κ1) is 25.1. The van der Waals surface area contributed by atoms with E-state index in [4.69, 9.17) is 20.4 Å². The lowest BCUT2D eigenvalue weighted by atomic mass is 10.1. The minimum Gasteiger partial charge on any atom is -0.481 e. The molecule has 0 bridgehead atoms. The van der Waals surface area contributed by atoms with E-state index in [9.17, 15) is 19.2 Å². The minimum atomic E-state index is -1.06. The maximum absolute atomic E-state index is 10.3. The summed E-state index contributed by atoms with van der Waals surface area (Å²) in [6.45, 7) is 5.54. The molecule has 0 aliphatic heterocycles. The normalized spacial score (nSPS) is 8.81. The van der Waals surface area contributed by atoms with Gasteiger partial charge in [-0.2, -0.15) is 0 Å². The molecule has 0 atom stereocenters. The van der Waals surface area contributed by atoms with Crippen LogP contribution in [0, 0.1) is 0 Å². The lowest BCUT2D eigenvalue weighted by Crippen LogP contribution is -1.99. The summed E-state index contributed by atoms with van der Waals surface area (Å²) in [5.74, 6) is -3.87. The summed E-state index contributed by atoms with van der Waals surface area (Å²) in [5, 5.41) is 33.2. The van der Waals surface area contributed by atoms with E-state index in [1.54, 1.807) is 0 Å². The molecular weight excluding hydrogens is 344 g/mol. The van der Waals surface area contributed by atoms with Gasteiger partial charge >= 0.3 is 23.9 Å². The van der Waals surface area contributed by atoms with Gasteiger partial charge in [0.25, 0.3) is 0 Å². The summed E-state index contributed by atoms with van der Waals surface area (Å²) in [6, 6.07) is 5.02. The van der Waals surface area contributed by atoms with Gasteiger partial charge in [0.05, 0.1) is 11.1 Å². The van der Waals surface area contributed by atoms with Crippen LogP contribution in [0.5, 0.6) is 0 Å². The van der Waals surface area contributed by atoms with E-state index in [1.807, 2.05) is 6.08 Å². The highest BCUT2D eigenvalue weighted by Gasteiger charge is 2.04. The number of benzene rings is 1. The fourth-order valence-electron chi connectivity index (χ4n) is 1.31. The number of aromatic carboxylic acids is 2. The Balaban J connectivity index is 0. The van der Waals surface area contributed by atoms with Crippen molar-refractivity contribution in [3.05, 3.63) is 48.0 Å². The highest BCUT2D eigenvalue weighted by Crippen LogP contribution is 2.03. The van der Waals surface area contributed by atoms with Crippen molar-refractivity contribution in [3.63, 3.8) is 0 Å². The van der Waals surface area contributed by atoms with Gasteiger partial charge in [-0.1, -0.05) is 13.0 Å². The Morgan fingerprint density at radius 1 is 0.808 bits per heavy atom. The standard InChI is InChI=1S/C8H6O4.C6H10O4.C4H8/c9-7(10)5-1-2-6(4-3-5)8(11)12;7-5(8)3-1-2-4-6(9)10;1-3-4-2/h1-4H,(H,9,10)(H,11,12);1-4H2,(H,7,8)(H,9,10);3H,1,4H2,2H3. The first-order valence-corrected chi connectivity index (χ1v) is 7.76. The number of rotatable bonds is 8. The first-order chi connectivity index (χ1) is 12.1. The summed E-state index contributed by atoms with van der Waals surface area (Å²) < 4.78 is 0. The van der Waals surface area contributed by atoms with E-state index in [0.717, 1.165) is 6.42 Å². The number of allylic oxidation sites excluding steroid dienone is 1. The number of carbonyl (C=O) groups is 4. The number of carboxylic acid groups (broad SMARTS) is 4. The average Bonchev–Trinajstić information content (AvgIpc) is 2.59. The Labute approximate surface area is 151 Å². The van der Waals surface area contributed by atoms with E-state index < -0.39 is 23.9 Å². The van der Waals surface area contributed by atoms with Crippen LogP contribution in [0.2, 0.25) is 0 Å². The van der Waals surface area contributed by atoms with E-state index in [-0.39, 0.29) is 24.0 Å². The molecule has 0 unspecified atom stereocenters. The Morgan fingerprint density at radius 2 is 1.08 bits per heavy atom. The van der Waals surface area contributed by atoms with Gasteiger partial charge in [-0.05, 0) is 43.5 Å². The second-order valence-electron chi connectivity index (χ2n) is 4.88. The molecule has 8 nitrogen and oxygen atoms in total. The summed E-state index contributed by atoms with van der Waals surface area (Å²) in [7, 11) is 0. The molecule has 0 saturated heterocycles. The molecule has 1 rings (SSSR count). The van der Waals surface area contributed by atoms with Crippen LogP contribution >= 0.6 is 0 Å². The third-order valence-electron chi connectivity index (χ3n) is 2.70. The number of hydrogen-bond acceptors (Lipinski definition) is 4. The fourth-order valence-corrected chi connectivity index (χ4v) is 1.31. The van der Waals surface area contributed by atoms with Crippen LogP contribution in [0.1, 0.15) is 59.7 Å². The second-order valence-corrected chi connectivity index (χ2v) is 4.88. The number of hydrogen-bond donors (Lipinski definition) is 4. The molecule has 0 fully saturated rings. The van der Waals surface area contributed by atoms with Crippen LogP contribution in [0.3, 0.4) is 0 Å². The Kier molecular flexibility index (Phi) is 14.8. The molecule has 0 radical (unpaired) electrons. The maximum Gasteiger partial charge on any atom is 0.335 e. The van der Waals surface area contributed by atoms with Gasteiger partial charge in [0.15, 0.2) is 0 Å².